The number of carbonyl (C=O) groups is 2. The van der Waals surface area contributed by atoms with Crippen LogP contribution in [0.2, 0.25) is 0 Å². The van der Waals surface area contributed by atoms with Gasteiger partial charge in [-0.3, -0.25) is 9.59 Å². The Hall–Kier alpha value is -2.24. The molecule has 1 aromatic heterocycles. The van der Waals surface area contributed by atoms with E-state index >= 15 is 0 Å². The second kappa shape index (κ2) is 8.70. The molecule has 0 bridgehead atoms. The topological polar surface area (TPSA) is 74.1 Å². The van der Waals surface area contributed by atoms with Crippen LogP contribution in [0.1, 0.15) is 90.9 Å². The number of esters is 1. The fourth-order valence-corrected chi connectivity index (χ4v) is 8.85. The molecule has 0 spiro atoms. The lowest BCUT2D eigenvalue weighted by atomic mass is 9.48. The fraction of sp³-hybridized carbons (Fsp3) is 0.724. The molecule has 0 amide bonds. The van der Waals surface area contributed by atoms with E-state index in [1.54, 1.807) is 12.7 Å². The summed E-state index contributed by atoms with van der Waals surface area (Å²) in [5.74, 6) is 1.83. The van der Waals surface area contributed by atoms with Gasteiger partial charge in [0.15, 0.2) is 0 Å². The minimum atomic E-state index is -0.0421. The molecule has 1 heterocycles. The van der Waals surface area contributed by atoms with Gasteiger partial charge in [0, 0.05) is 17.4 Å². The molecular formula is C29H39N3O3. The van der Waals surface area contributed by atoms with Gasteiger partial charge in [-0.1, -0.05) is 44.8 Å². The van der Waals surface area contributed by atoms with Crippen LogP contribution in [0.15, 0.2) is 29.9 Å². The zero-order chi connectivity index (χ0) is 24.2. The van der Waals surface area contributed by atoms with Gasteiger partial charge in [0.2, 0.25) is 0 Å². The minimum Gasteiger partial charge on any atom is -0.462 e. The van der Waals surface area contributed by atoms with Crippen LogP contribution < -0.4 is 0 Å². The minimum absolute atomic E-state index is 0.0421. The van der Waals surface area contributed by atoms with E-state index in [0.29, 0.717) is 17.8 Å². The van der Waals surface area contributed by atoms with Crippen LogP contribution in [-0.4, -0.2) is 33.1 Å². The predicted molar refractivity (Wildman–Crippen MR) is 133 cm³/mol. The summed E-state index contributed by atoms with van der Waals surface area (Å²) in [7, 11) is 0. The monoisotopic (exact) mass is 477 g/mol. The average molecular weight is 478 g/mol. The molecule has 1 aromatic rings. The van der Waals surface area contributed by atoms with Gasteiger partial charge in [0.05, 0.1) is 11.6 Å². The molecule has 3 saturated carbocycles. The van der Waals surface area contributed by atoms with E-state index in [1.807, 2.05) is 4.68 Å². The van der Waals surface area contributed by atoms with Crippen LogP contribution in [0.25, 0.3) is 5.70 Å². The SMILES string of the molecule is C[C@]12CC[C@H](OC(=O)C3CCCCC3)CC1=CC[C@@H]1[C@@H]2CC[C@]2(C)C(n3cncn3)=C(C=O)C[C@@H]12. The lowest BCUT2D eigenvalue weighted by molar-refractivity contribution is -0.157. The first-order valence-corrected chi connectivity index (χ1v) is 13.9. The highest BCUT2D eigenvalue weighted by atomic mass is 16.5. The summed E-state index contributed by atoms with van der Waals surface area (Å²) in [6.45, 7) is 4.82. The van der Waals surface area contributed by atoms with Crippen molar-refractivity contribution in [3.05, 3.63) is 29.9 Å². The molecule has 5 aliphatic carbocycles. The van der Waals surface area contributed by atoms with Crippen molar-refractivity contribution >= 4 is 18.0 Å². The zero-order valence-corrected chi connectivity index (χ0v) is 21.2. The Morgan fingerprint density at radius 2 is 1.86 bits per heavy atom. The molecule has 188 valence electrons. The van der Waals surface area contributed by atoms with E-state index in [4.69, 9.17) is 4.74 Å². The Morgan fingerprint density at radius 1 is 1.06 bits per heavy atom. The van der Waals surface area contributed by atoms with Crippen LogP contribution in [-0.2, 0) is 14.3 Å². The molecule has 0 unspecified atom stereocenters. The van der Waals surface area contributed by atoms with Crippen LogP contribution >= 0.6 is 0 Å². The molecule has 35 heavy (non-hydrogen) atoms. The highest BCUT2D eigenvalue weighted by Crippen LogP contribution is 2.66. The number of carbonyl (C=O) groups excluding carboxylic acids is 2. The normalized spacial score (nSPS) is 39.3. The largest absolute Gasteiger partial charge is 0.462 e. The molecule has 6 atom stereocenters. The van der Waals surface area contributed by atoms with E-state index < -0.39 is 0 Å². The first-order chi connectivity index (χ1) is 16.9. The van der Waals surface area contributed by atoms with Crippen molar-refractivity contribution in [3.8, 4) is 0 Å². The number of hydrogen-bond donors (Lipinski definition) is 0. The number of aromatic nitrogens is 3. The third-order valence-electron chi connectivity index (χ3n) is 10.7. The molecule has 0 saturated heterocycles. The van der Waals surface area contributed by atoms with Gasteiger partial charge in [-0.15, -0.1) is 0 Å². The highest BCUT2D eigenvalue weighted by molar-refractivity contribution is 5.86. The summed E-state index contributed by atoms with van der Waals surface area (Å²) in [6, 6.07) is 0. The van der Waals surface area contributed by atoms with Crippen molar-refractivity contribution in [2.45, 2.75) is 97.0 Å². The predicted octanol–water partition coefficient (Wildman–Crippen LogP) is 5.75. The van der Waals surface area contributed by atoms with Crippen LogP contribution in [0.4, 0.5) is 0 Å². The lowest BCUT2D eigenvalue weighted by Crippen LogP contribution is -2.50. The van der Waals surface area contributed by atoms with Crippen molar-refractivity contribution in [2.75, 3.05) is 0 Å². The zero-order valence-electron chi connectivity index (χ0n) is 21.2. The molecule has 0 radical (unpaired) electrons. The maximum atomic E-state index is 12.8. The highest BCUT2D eigenvalue weighted by Gasteiger charge is 2.58. The number of ether oxygens (including phenoxy) is 1. The third-order valence-corrected chi connectivity index (χ3v) is 10.7. The standard InChI is InChI=1S/C29H39N3O3/c1-28-12-10-22(35-27(34)19-6-4-3-5-7-19)15-21(28)8-9-23-24(28)11-13-29(2)25(23)14-20(16-33)26(29)32-18-30-17-31-32/h8,16-19,22-25H,3-7,9-15H2,1-2H3/t22-,23+,24-,25-,28-,29-/m0/s1. The summed E-state index contributed by atoms with van der Waals surface area (Å²) >= 11 is 0. The molecule has 0 aliphatic heterocycles. The first-order valence-electron chi connectivity index (χ1n) is 13.9. The fourth-order valence-electron chi connectivity index (χ4n) is 8.85. The molecule has 5 aliphatic rings. The summed E-state index contributed by atoms with van der Waals surface area (Å²) in [5, 5.41) is 4.42. The quantitative estimate of drug-likeness (QED) is 0.313. The Morgan fingerprint density at radius 3 is 2.60 bits per heavy atom. The van der Waals surface area contributed by atoms with Gasteiger partial charge >= 0.3 is 5.97 Å². The molecule has 0 aromatic carbocycles. The van der Waals surface area contributed by atoms with E-state index in [0.717, 1.165) is 81.8 Å². The van der Waals surface area contributed by atoms with Gasteiger partial charge in [-0.25, -0.2) is 9.67 Å². The second-order valence-electron chi connectivity index (χ2n) is 12.4. The maximum absolute atomic E-state index is 12.8. The summed E-state index contributed by atoms with van der Waals surface area (Å²) in [5.41, 5.74) is 3.64. The number of nitrogens with zero attached hydrogens (tertiary/aromatic N) is 3. The Bertz CT molecular complexity index is 1050. The van der Waals surface area contributed by atoms with Crippen molar-refractivity contribution in [2.24, 2.45) is 34.5 Å². The number of rotatable bonds is 4. The van der Waals surface area contributed by atoms with Crippen molar-refractivity contribution in [1.29, 1.82) is 0 Å². The van der Waals surface area contributed by atoms with Gasteiger partial charge in [-0.05, 0) is 74.5 Å². The molecule has 6 heteroatoms. The Balaban J connectivity index is 1.20. The van der Waals surface area contributed by atoms with E-state index in [9.17, 15) is 9.59 Å². The summed E-state index contributed by atoms with van der Waals surface area (Å²) in [6.07, 6.45) is 19.6. The molecule has 6 rings (SSSR count). The number of hydrogen-bond acceptors (Lipinski definition) is 5. The number of fused-ring (bicyclic) bond motifs is 5. The van der Waals surface area contributed by atoms with E-state index in [-0.39, 0.29) is 28.8 Å². The van der Waals surface area contributed by atoms with Gasteiger partial charge in [0.1, 0.15) is 25.0 Å². The van der Waals surface area contributed by atoms with Crippen molar-refractivity contribution < 1.29 is 14.3 Å². The molecule has 3 fully saturated rings. The maximum Gasteiger partial charge on any atom is 0.309 e. The molecule has 6 nitrogen and oxygen atoms in total. The summed E-state index contributed by atoms with van der Waals surface area (Å²) in [4.78, 5) is 29.1. The summed E-state index contributed by atoms with van der Waals surface area (Å²) < 4.78 is 7.94. The van der Waals surface area contributed by atoms with Gasteiger partial charge < -0.3 is 4.74 Å². The van der Waals surface area contributed by atoms with Gasteiger partial charge in [-0.2, -0.15) is 5.10 Å². The van der Waals surface area contributed by atoms with E-state index in [1.165, 1.54) is 18.4 Å². The average Bonchev–Trinajstić information content (AvgIpc) is 3.49. The number of allylic oxidation sites excluding steroid dienone is 3. The second-order valence-corrected chi connectivity index (χ2v) is 12.4. The van der Waals surface area contributed by atoms with Crippen molar-refractivity contribution in [1.82, 2.24) is 14.8 Å². The van der Waals surface area contributed by atoms with Crippen LogP contribution in [0.5, 0.6) is 0 Å². The lowest BCUT2D eigenvalue weighted by Gasteiger charge is -2.57. The Kier molecular flexibility index (Phi) is 5.76. The van der Waals surface area contributed by atoms with Crippen LogP contribution in [0, 0.1) is 34.5 Å². The van der Waals surface area contributed by atoms with Crippen LogP contribution in [0.3, 0.4) is 0 Å². The Labute approximate surface area is 208 Å². The third kappa shape index (κ3) is 3.65. The smallest absolute Gasteiger partial charge is 0.309 e. The van der Waals surface area contributed by atoms with Crippen molar-refractivity contribution in [3.63, 3.8) is 0 Å². The molecule has 0 N–H and O–H groups in total. The van der Waals surface area contributed by atoms with Gasteiger partial charge in [0.25, 0.3) is 0 Å². The first kappa shape index (κ1) is 23.2. The number of aldehydes is 1. The molecular weight excluding hydrogens is 438 g/mol. The van der Waals surface area contributed by atoms with E-state index in [2.05, 4.69) is 30.0 Å².